The highest BCUT2D eigenvalue weighted by Crippen LogP contribution is 2.19. The Kier molecular flexibility index (Phi) is 8.12. The number of nitrogens with one attached hydrogen (secondary N) is 1. The maximum Gasteiger partial charge on any atom is 0.217 e. The van der Waals surface area contributed by atoms with Crippen molar-refractivity contribution in [3.63, 3.8) is 0 Å². The Labute approximate surface area is 179 Å². The number of hydrogen-bond donors (Lipinski definition) is 2. The van der Waals surface area contributed by atoms with Crippen LogP contribution in [-0.2, 0) is 17.8 Å². The molecule has 30 heavy (non-hydrogen) atoms. The fourth-order valence-corrected chi connectivity index (χ4v) is 3.85. The molecule has 0 spiro atoms. The fourth-order valence-electron chi connectivity index (χ4n) is 3.85. The van der Waals surface area contributed by atoms with Crippen molar-refractivity contribution in [1.29, 1.82) is 0 Å². The van der Waals surface area contributed by atoms with Gasteiger partial charge in [0.25, 0.3) is 0 Å². The summed E-state index contributed by atoms with van der Waals surface area (Å²) in [4.78, 5) is 17.9. The van der Waals surface area contributed by atoms with E-state index in [0.717, 1.165) is 56.2 Å². The minimum atomic E-state index is -0.221. The maximum absolute atomic E-state index is 11.2. The fraction of sp³-hybridized carbons (Fsp3) is 0.417. The molecule has 1 fully saturated rings. The molecule has 1 aliphatic rings. The van der Waals surface area contributed by atoms with Gasteiger partial charge in [-0.05, 0) is 48.4 Å². The first kappa shape index (κ1) is 21.7. The van der Waals surface area contributed by atoms with Gasteiger partial charge < -0.3 is 20.7 Å². The molecule has 1 aliphatic heterocycles. The SMILES string of the molecule is CN=C(NCCc1ccc(OCc2ccccc2)cc1)N1CCCC(CC(N)=O)C1. The number of likely N-dealkylation sites (tertiary alicyclic amines) is 1. The summed E-state index contributed by atoms with van der Waals surface area (Å²) in [5.74, 6) is 1.87. The summed E-state index contributed by atoms with van der Waals surface area (Å²) in [6.07, 6.45) is 3.46. The Morgan fingerprint density at radius 2 is 1.93 bits per heavy atom. The smallest absolute Gasteiger partial charge is 0.217 e. The molecule has 3 rings (SSSR count). The average Bonchev–Trinajstić information content (AvgIpc) is 2.76. The molecular weight excluding hydrogens is 376 g/mol. The Hall–Kier alpha value is -3.02. The van der Waals surface area contributed by atoms with E-state index < -0.39 is 0 Å². The van der Waals surface area contributed by atoms with Gasteiger partial charge in [0.15, 0.2) is 5.96 Å². The molecule has 160 valence electrons. The van der Waals surface area contributed by atoms with Gasteiger partial charge in [-0.1, -0.05) is 42.5 Å². The molecule has 6 heteroatoms. The highest BCUT2D eigenvalue weighted by Gasteiger charge is 2.23. The number of aliphatic imine (C=N–C) groups is 1. The molecule has 3 N–H and O–H groups in total. The Balaban J connectivity index is 1.43. The molecule has 1 heterocycles. The topological polar surface area (TPSA) is 80.0 Å². The van der Waals surface area contributed by atoms with Gasteiger partial charge in [0, 0.05) is 33.1 Å². The van der Waals surface area contributed by atoms with Crippen molar-refractivity contribution in [2.24, 2.45) is 16.6 Å². The van der Waals surface area contributed by atoms with Crippen LogP contribution in [0.25, 0.3) is 0 Å². The van der Waals surface area contributed by atoms with Gasteiger partial charge in [-0.15, -0.1) is 0 Å². The lowest BCUT2D eigenvalue weighted by molar-refractivity contribution is -0.119. The van der Waals surface area contributed by atoms with E-state index in [0.29, 0.717) is 18.9 Å². The van der Waals surface area contributed by atoms with Crippen LogP contribution in [0.1, 0.15) is 30.4 Å². The van der Waals surface area contributed by atoms with E-state index in [1.54, 1.807) is 7.05 Å². The van der Waals surface area contributed by atoms with Gasteiger partial charge in [0.1, 0.15) is 12.4 Å². The third kappa shape index (κ3) is 6.79. The number of primary amides is 1. The first-order valence-electron chi connectivity index (χ1n) is 10.6. The first-order chi connectivity index (χ1) is 14.6. The molecule has 0 radical (unpaired) electrons. The zero-order valence-corrected chi connectivity index (χ0v) is 17.7. The zero-order chi connectivity index (χ0) is 21.2. The lowest BCUT2D eigenvalue weighted by Gasteiger charge is -2.34. The zero-order valence-electron chi connectivity index (χ0n) is 17.7. The Morgan fingerprint density at radius 3 is 2.63 bits per heavy atom. The number of carbonyl (C=O) groups excluding carboxylic acids is 1. The van der Waals surface area contributed by atoms with Gasteiger partial charge >= 0.3 is 0 Å². The second kappa shape index (κ2) is 11.2. The number of benzene rings is 2. The van der Waals surface area contributed by atoms with Crippen molar-refractivity contribution >= 4 is 11.9 Å². The van der Waals surface area contributed by atoms with Crippen molar-refractivity contribution in [2.45, 2.75) is 32.3 Å². The minimum Gasteiger partial charge on any atom is -0.489 e. The molecule has 1 saturated heterocycles. The Bertz CT molecular complexity index is 821. The maximum atomic E-state index is 11.2. The van der Waals surface area contributed by atoms with Gasteiger partial charge in [0.2, 0.25) is 5.91 Å². The number of carbonyl (C=O) groups is 1. The van der Waals surface area contributed by atoms with Crippen molar-refractivity contribution < 1.29 is 9.53 Å². The summed E-state index contributed by atoms with van der Waals surface area (Å²) in [7, 11) is 1.80. The van der Waals surface area contributed by atoms with Gasteiger partial charge in [0.05, 0.1) is 0 Å². The molecule has 2 aromatic carbocycles. The summed E-state index contributed by atoms with van der Waals surface area (Å²) in [5, 5.41) is 3.45. The number of hydrogen-bond acceptors (Lipinski definition) is 3. The number of piperidine rings is 1. The third-order valence-electron chi connectivity index (χ3n) is 5.39. The van der Waals surface area contributed by atoms with Crippen molar-refractivity contribution in [1.82, 2.24) is 10.2 Å². The molecule has 6 nitrogen and oxygen atoms in total. The molecule has 1 unspecified atom stereocenters. The average molecular weight is 409 g/mol. The van der Waals surface area contributed by atoms with E-state index in [9.17, 15) is 4.79 Å². The molecule has 1 atom stereocenters. The molecule has 0 aliphatic carbocycles. The quantitative estimate of drug-likeness (QED) is 0.520. The van der Waals surface area contributed by atoms with E-state index in [1.807, 2.05) is 30.3 Å². The van der Waals surface area contributed by atoms with E-state index >= 15 is 0 Å². The monoisotopic (exact) mass is 408 g/mol. The highest BCUT2D eigenvalue weighted by atomic mass is 16.5. The van der Waals surface area contributed by atoms with E-state index in [2.05, 4.69) is 39.5 Å². The van der Waals surface area contributed by atoms with Crippen LogP contribution in [-0.4, -0.2) is 43.4 Å². The second-order valence-electron chi connectivity index (χ2n) is 7.77. The normalized spacial score (nSPS) is 16.9. The van der Waals surface area contributed by atoms with Crippen LogP contribution in [0.4, 0.5) is 0 Å². The summed E-state index contributed by atoms with van der Waals surface area (Å²) >= 11 is 0. The number of amides is 1. The van der Waals surface area contributed by atoms with Crippen molar-refractivity contribution in [3.8, 4) is 5.75 Å². The number of rotatable bonds is 8. The van der Waals surface area contributed by atoms with Crippen LogP contribution in [0.5, 0.6) is 5.75 Å². The first-order valence-corrected chi connectivity index (χ1v) is 10.6. The van der Waals surface area contributed by atoms with E-state index in [-0.39, 0.29) is 5.91 Å². The third-order valence-corrected chi connectivity index (χ3v) is 5.39. The van der Waals surface area contributed by atoms with Crippen LogP contribution < -0.4 is 15.8 Å². The summed E-state index contributed by atoms with van der Waals surface area (Å²) in [5.41, 5.74) is 7.77. The number of guanidine groups is 1. The molecule has 1 amide bonds. The van der Waals surface area contributed by atoms with Crippen molar-refractivity contribution in [2.75, 3.05) is 26.7 Å². The molecule has 0 aromatic heterocycles. The van der Waals surface area contributed by atoms with Crippen LogP contribution >= 0.6 is 0 Å². The highest BCUT2D eigenvalue weighted by molar-refractivity contribution is 5.80. The van der Waals surface area contributed by atoms with Crippen LogP contribution in [0.2, 0.25) is 0 Å². The van der Waals surface area contributed by atoms with Crippen LogP contribution in [0.15, 0.2) is 59.6 Å². The lowest BCUT2D eigenvalue weighted by Crippen LogP contribution is -2.47. The van der Waals surface area contributed by atoms with Crippen molar-refractivity contribution in [3.05, 3.63) is 65.7 Å². The predicted octanol–water partition coefficient (Wildman–Crippen LogP) is 2.97. The van der Waals surface area contributed by atoms with Gasteiger partial charge in [-0.2, -0.15) is 0 Å². The second-order valence-corrected chi connectivity index (χ2v) is 7.77. The standard InChI is InChI=1S/C24H32N4O2/c1-26-24(28-15-5-8-21(17-28)16-23(25)29)27-14-13-19-9-11-22(12-10-19)30-18-20-6-3-2-4-7-20/h2-4,6-7,9-12,21H,5,8,13-18H2,1H3,(H2,25,29)(H,26,27). The molecule has 0 bridgehead atoms. The summed E-state index contributed by atoms with van der Waals surface area (Å²) < 4.78 is 5.85. The van der Waals surface area contributed by atoms with Crippen LogP contribution in [0, 0.1) is 5.92 Å². The number of nitrogens with zero attached hydrogens (tertiary/aromatic N) is 2. The van der Waals surface area contributed by atoms with Gasteiger partial charge in [-0.25, -0.2) is 0 Å². The van der Waals surface area contributed by atoms with E-state index in [4.69, 9.17) is 10.5 Å². The molecule has 2 aromatic rings. The summed E-state index contributed by atoms with van der Waals surface area (Å²) in [6, 6.07) is 18.4. The largest absolute Gasteiger partial charge is 0.489 e. The minimum absolute atomic E-state index is 0.221. The predicted molar refractivity (Wildman–Crippen MR) is 120 cm³/mol. The number of ether oxygens (including phenoxy) is 1. The van der Waals surface area contributed by atoms with E-state index in [1.165, 1.54) is 5.56 Å². The molecule has 0 saturated carbocycles. The molecular formula is C24H32N4O2. The number of nitrogens with two attached hydrogens (primary N) is 1. The lowest BCUT2D eigenvalue weighted by atomic mass is 9.95. The Morgan fingerprint density at radius 1 is 1.17 bits per heavy atom. The van der Waals surface area contributed by atoms with Crippen LogP contribution in [0.3, 0.4) is 0 Å². The summed E-state index contributed by atoms with van der Waals surface area (Å²) in [6.45, 7) is 3.16. The van der Waals surface area contributed by atoms with Gasteiger partial charge in [-0.3, -0.25) is 9.79 Å².